The van der Waals surface area contributed by atoms with Gasteiger partial charge >= 0.3 is 0 Å². The number of amides is 2. The average molecular weight is 415 g/mol. The Labute approximate surface area is 177 Å². The molecule has 7 heteroatoms. The van der Waals surface area contributed by atoms with Gasteiger partial charge in [0.25, 0.3) is 5.91 Å². The number of carbonyl (C=O) groups excluding carboxylic acids is 2. The first-order chi connectivity index (χ1) is 14.5. The third-order valence-electron chi connectivity index (χ3n) is 4.67. The van der Waals surface area contributed by atoms with E-state index in [4.69, 9.17) is 14.2 Å². The van der Waals surface area contributed by atoms with E-state index in [9.17, 15) is 9.59 Å². The molecular formula is C23H30N2O5. The van der Waals surface area contributed by atoms with E-state index in [-0.39, 0.29) is 25.0 Å². The van der Waals surface area contributed by atoms with Crippen LogP contribution in [0.5, 0.6) is 17.2 Å². The van der Waals surface area contributed by atoms with Gasteiger partial charge in [0.15, 0.2) is 18.1 Å². The molecule has 1 unspecified atom stereocenters. The van der Waals surface area contributed by atoms with Crippen LogP contribution in [-0.2, 0) is 16.1 Å². The Morgan fingerprint density at radius 3 is 2.20 bits per heavy atom. The number of nitrogens with zero attached hydrogens (tertiary/aromatic N) is 1. The Hall–Kier alpha value is -3.22. The minimum absolute atomic E-state index is 0.181. The van der Waals surface area contributed by atoms with Crippen LogP contribution in [0.2, 0.25) is 0 Å². The quantitative estimate of drug-likeness (QED) is 0.612. The van der Waals surface area contributed by atoms with Gasteiger partial charge in [-0.2, -0.15) is 0 Å². The topological polar surface area (TPSA) is 77.1 Å². The van der Waals surface area contributed by atoms with Crippen LogP contribution < -0.4 is 19.5 Å². The highest BCUT2D eigenvalue weighted by Gasteiger charge is 2.28. The summed E-state index contributed by atoms with van der Waals surface area (Å²) in [5.74, 6) is 1.28. The molecule has 2 amide bonds. The van der Waals surface area contributed by atoms with Gasteiger partial charge < -0.3 is 24.4 Å². The van der Waals surface area contributed by atoms with Gasteiger partial charge in [0.05, 0.1) is 14.2 Å². The van der Waals surface area contributed by atoms with Crippen LogP contribution in [-0.4, -0.2) is 50.1 Å². The standard InChI is InChI=1S/C23H30N2O5/c1-5-19(23(27)24-6-2)25(15-17-11-13-18(28-3)14-12-17)22(26)16-30-21-10-8-7-9-20(21)29-4/h7-14,19H,5-6,15-16H2,1-4H3,(H,24,27). The number of nitrogens with one attached hydrogen (secondary N) is 1. The number of hydrogen-bond donors (Lipinski definition) is 1. The highest BCUT2D eigenvalue weighted by Crippen LogP contribution is 2.26. The number of rotatable bonds is 11. The molecule has 0 aliphatic rings. The molecule has 0 heterocycles. The molecule has 162 valence electrons. The molecule has 0 fully saturated rings. The predicted molar refractivity (Wildman–Crippen MR) is 115 cm³/mol. The van der Waals surface area contributed by atoms with Crippen molar-refractivity contribution in [3.05, 3.63) is 54.1 Å². The van der Waals surface area contributed by atoms with Crippen molar-refractivity contribution in [1.29, 1.82) is 0 Å². The van der Waals surface area contributed by atoms with Crippen LogP contribution in [0.4, 0.5) is 0 Å². The minimum Gasteiger partial charge on any atom is -0.497 e. The van der Waals surface area contributed by atoms with Gasteiger partial charge in [-0.25, -0.2) is 0 Å². The summed E-state index contributed by atoms with van der Waals surface area (Å²) in [6, 6.07) is 14.0. The molecule has 0 saturated carbocycles. The molecule has 0 radical (unpaired) electrons. The molecule has 0 aliphatic carbocycles. The molecule has 0 aromatic heterocycles. The fourth-order valence-corrected chi connectivity index (χ4v) is 3.10. The van der Waals surface area contributed by atoms with Gasteiger partial charge in [-0.3, -0.25) is 9.59 Å². The first-order valence-electron chi connectivity index (χ1n) is 9.99. The van der Waals surface area contributed by atoms with E-state index in [1.165, 1.54) is 0 Å². The second-order valence-electron chi connectivity index (χ2n) is 6.63. The van der Waals surface area contributed by atoms with Crippen molar-refractivity contribution in [1.82, 2.24) is 10.2 Å². The van der Waals surface area contributed by atoms with E-state index in [0.29, 0.717) is 24.5 Å². The molecular weight excluding hydrogens is 384 g/mol. The van der Waals surface area contributed by atoms with Gasteiger partial charge in [0, 0.05) is 13.1 Å². The number of benzene rings is 2. The number of likely N-dealkylation sites (N-methyl/N-ethyl adjacent to an activating group) is 1. The summed E-state index contributed by atoms with van der Waals surface area (Å²) in [6.07, 6.45) is 0.488. The van der Waals surface area contributed by atoms with Crippen LogP contribution in [0.15, 0.2) is 48.5 Å². The van der Waals surface area contributed by atoms with Crippen molar-refractivity contribution in [3.63, 3.8) is 0 Å². The smallest absolute Gasteiger partial charge is 0.261 e. The Morgan fingerprint density at radius 1 is 0.967 bits per heavy atom. The molecule has 7 nitrogen and oxygen atoms in total. The maximum absolute atomic E-state index is 13.1. The van der Waals surface area contributed by atoms with E-state index in [2.05, 4.69) is 5.32 Å². The lowest BCUT2D eigenvalue weighted by atomic mass is 10.1. The number of para-hydroxylation sites is 2. The average Bonchev–Trinajstić information content (AvgIpc) is 2.78. The number of ether oxygens (including phenoxy) is 3. The lowest BCUT2D eigenvalue weighted by molar-refractivity contribution is -0.142. The molecule has 0 aliphatic heterocycles. The van der Waals surface area contributed by atoms with E-state index in [1.54, 1.807) is 37.3 Å². The van der Waals surface area contributed by atoms with E-state index >= 15 is 0 Å². The molecule has 0 spiro atoms. The Kier molecular flexibility index (Phi) is 9.00. The van der Waals surface area contributed by atoms with Crippen LogP contribution >= 0.6 is 0 Å². The molecule has 30 heavy (non-hydrogen) atoms. The first-order valence-corrected chi connectivity index (χ1v) is 9.99. The zero-order valence-corrected chi connectivity index (χ0v) is 18.0. The van der Waals surface area contributed by atoms with Gasteiger partial charge in [0.2, 0.25) is 5.91 Å². The molecule has 0 bridgehead atoms. The summed E-state index contributed by atoms with van der Waals surface area (Å²) in [5.41, 5.74) is 0.893. The Bertz CT molecular complexity index is 823. The summed E-state index contributed by atoms with van der Waals surface area (Å²) in [6.45, 7) is 4.32. The second kappa shape index (κ2) is 11.7. The largest absolute Gasteiger partial charge is 0.497 e. The molecule has 0 saturated heterocycles. The maximum Gasteiger partial charge on any atom is 0.261 e. The molecule has 1 N–H and O–H groups in total. The van der Waals surface area contributed by atoms with Gasteiger partial charge in [-0.1, -0.05) is 31.2 Å². The third kappa shape index (κ3) is 6.14. The van der Waals surface area contributed by atoms with E-state index in [0.717, 1.165) is 11.3 Å². The number of carbonyl (C=O) groups is 2. The van der Waals surface area contributed by atoms with Crippen LogP contribution in [0.3, 0.4) is 0 Å². The summed E-state index contributed by atoms with van der Waals surface area (Å²) in [7, 11) is 3.14. The van der Waals surface area contributed by atoms with Crippen molar-refractivity contribution in [3.8, 4) is 17.2 Å². The Morgan fingerprint density at radius 2 is 1.63 bits per heavy atom. The first kappa shape index (κ1) is 23.1. The Balaban J connectivity index is 2.21. The summed E-state index contributed by atoms with van der Waals surface area (Å²) in [5, 5.41) is 2.81. The van der Waals surface area contributed by atoms with E-state index < -0.39 is 6.04 Å². The lowest BCUT2D eigenvalue weighted by Crippen LogP contribution is -2.50. The molecule has 2 aromatic rings. The van der Waals surface area contributed by atoms with Crippen molar-refractivity contribution < 1.29 is 23.8 Å². The molecule has 1 atom stereocenters. The minimum atomic E-state index is -0.596. The fourth-order valence-electron chi connectivity index (χ4n) is 3.10. The van der Waals surface area contributed by atoms with Gasteiger partial charge in [-0.05, 0) is 43.2 Å². The second-order valence-corrected chi connectivity index (χ2v) is 6.63. The van der Waals surface area contributed by atoms with Crippen LogP contribution in [0, 0.1) is 0 Å². The van der Waals surface area contributed by atoms with Crippen molar-refractivity contribution in [2.75, 3.05) is 27.4 Å². The summed E-state index contributed by atoms with van der Waals surface area (Å²) >= 11 is 0. The lowest BCUT2D eigenvalue weighted by Gasteiger charge is -2.30. The predicted octanol–water partition coefficient (Wildman–Crippen LogP) is 3.03. The van der Waals surface area contributed by atoms with E-state index in [1.807, 2.05) is 44.2 Å². The van der Waals surface area contributed by atoms with Gasteiger partial charge in [-0.15, -0.1) is 0 Å². The highest BCUT2D eigenvalue weighted by molar-refractivity contribution is 5.88. The van der Waals surface area contributed by atoms with Crippen molar-refractivity contribution >= 4 is 11.8 Å². The maximum atomic E-state index is 13.1. The zero-order valence-electron chi connectivity index (χ0n) is 18.0. The molecule has 2 rings (SSSR count). The normalized spacial score (nSPS) is 11.3. The summed E-state index contributed by atoms with van der Waals surface area (Å²) in [4.78, 5) is 27.3. The van der Waals surface area contributed by atoms with Gasteiger partial charge in [0.1, 0.15) is 11.8 Å². The van der Waals surface area contributed by atoms with Crippen LogP contribution in [0.25, 0.3) is 0 Å². The van der Waals surface area contributed by atoms with Crippen LogP contribution in [0.1, 0.15) is 25.8 Å². The fraction of sp³-hybridized carbons (Fsp3) is 0.391. The highest BCUT2D eigenvalue weighted by atomic mass is 16.5. The number of methoxy groups -OCH3 is 2. The monoisotopic (exact) mass is 414 g/mol. The van der Waals surface area contributed by atoms with Crippen molar-refractivity contribution in [2.24, 2.45) is 0 Å². The third-order valence-corrected chi connectivity index (χ3v) is 4.67. The molecule has 2 aromatic carbocycles. The summed E-state index contributed by atoms with van der Waals surface area (Å²) < 4.78 is 16.2. The zero-order chi connectivity index (χ0) is 21.9. The number of hydrogen-bond acceptors (Lipinski definition) is 5. The van der Waals surface area contributed by atoms with Crippen molar-refractivity contribution in [2.45, 2.75) is 32.9 Å². The SMILES string of the molecule is CCNC(=O)C(CC)N(Cc1ccc(OC)cc1)C(=O)COc1ccccc1OC.